The second-order valence-electron chi connectivity index (χ2n) is 6.58. The van der Waals surface area contributed by atoms with Crippen LogP contribution in [0.15, 0.2) is 0 Å². The van der Waals surface area contributed by atoms with Crippen LogP contribution in [0.2, 0.25) is 0 Å². The van der Waals surface area contributed by atoms with Gasteiger partial charge in [-0.05, 0) is 13.3 Å². The van der Waals surface area contributed by atoms with Gasteiger partial charge >= 0.3 is 0 Å². The number of carbonyl (C=O) groups is 2. The third-order valence-corrected chi connectivity index (χ3v) is 6.56. The molecule has 0 spiro atoms. The summed E-state index contributed by atoms with van der Waals surface area (Å²) in [5, 5.41) is 0.191. The number of nitrogens with one attached hydrogen (secondary N) is 2. The molecule has 126 valence electrons. The lowest BCUT2D eigenvalue weighted by atomic mass is 9.88. The van der Waals surface area contributed by atoms with Crippen LogP contribution in [0.1, 0.15) is 46.0 Å². The van der Waals surface area contributed by atoms with Gasteiger partial charge in [-0.15, -0.1) is 11.8 Å². The Morgan fingerprint density at radius 3 is 2.95 bits per heavy atom. The first-order valence-corrected chi connectivity index (χ1v) is 9.33. The molecule has 2 aliphatic heterocycles. The van der Waals surface area contributed by atoms with Gasteiger partial charge in [0.25, 0.3) is 5.91 Å². The maximum Gasteiger partial charge on any atom is 0.289 e. The second kappa shape index (κ2) is 7.66. The smallest absolute Gasteiger partial charge is 0.289 e. The molecule has 0 aromatic carbocycles. The summed E-state index contributed by atoms with van der Waals surface area (Å²) in [5.41, 5.74) is 2.17. The van der Waals surface area contributed by atoms with Crippen LogP contribution in [0.3, 0.4) is 0 Å². The van der Waals surface area contributed by atoms with E-state index in [-0.39, 0.29) is 22.7 Å². The van der Waals surface area contributed by atoms with E-state index in [0.717, 1.165) is 25.9 Å². The maximum atomic E-state index is 12.1. The number of fused-ring (bicyclic) bond motifs is 1. The molecule has 2 saturated heterocycles. The minimum Gasteiger partial charge on any atom is -0.319 e. The van der Waals surface area contributed by atoms with Crippen LogP contribution in [0.25, 0.3) is 0 Å². The Labute approximate surface area is 137 Å². The highest BCUT2D eigenvalue weighted by Crippen LogP contribution is 2.35. The lowest BCUT2D eigenvalue weighted by Crippen LogP contribution is -3.24. The summed E-state index contributed by atoms with van der Waals surface area (Å²) < 4.78 is 0. The number of carbonyl (C=O) groups excluding carboxylic acids is 2. The number of amides is 2. The SMILES string of the molecule is CCCCCC[C@]1(C)[C@@H]2SCC(=O)N2CC[NH+]1CC(=O)NN. The Balaban J connectivity index is 2.10. The molecular weight excluding hydrogens is 300 g/mol. The second-order valence-corrected chi connectivity index (χ2v) is 7.64. The lowest BCUT2D eigenvalue weighted by Gasteiger charge is -2.48. The monoisotopic (exact) mass is 329 g/mol. The summed E-state index contributed by atoms with van der Waals surface area (Å²) in [6.45, 7) is 6.40. The molecule has 2 rings (SSSR count). The highest BCUT2D eigenvalue weighted by atomic mass is 32.2. The van der Waals surface area contributed by atoms with Gasteiger partial charge in [0.1, 0.15) is 10.9 Å². The average molecular weight is 329 g/mol. The molecule has 2 amide bonds. The molecular formula is C15H29N4O2S+. The molecule has 2 heterocycles. The van der Waals surface area contributed by atoms with E-state index < -0.39 is 0 Å². The van der Waals surface area contributed by atoms with E-state index in [2.05, 4.69) is 19.3 Å². The molecule has 0 aromatic rings. The van der Waals surface area contributed by atoms with Gasteiger partial charge in [0, 0.05) is 6.42 Å². The predicted octanol–water partition coefficient (Wildman–Crippen LogP) is -0.495. The zero-order valence-corrected chi connectivity index (χ0v) is 14.5. The molecule has 22 heavy (non-hydrogen) atoms. The Morgan fingerprint density at radius 2 is 2.27 bits per heavy atom. The molecule has 6 nitrogen and oxygen atoms in total. The number of thioether (sulfide) groups is 1. The fraction of sp³-hybridized carbons (Fsp3) is 0.867. The number of rotatable bonds is 7. The van der Waals surface area contributed by atoms with Gasteiger partial charge in [-0.1, -0.05) is 26.2 Å². The first-order valence-electron chi connectivity index (χ1n) is 8.28. The summed E-state index contributed by atoms with van der Waals surface area (Å²) >= 11 is 1.74. The topological polar surface area (TPSA) is 79.9 Å². The molecule has 1 unspecified atom stereocenters. The largest absolute Gasteiger partial charge is 0.319 e. The van der Waals surface area contributed by atoms with Crippen LogP contribution in [0.5, 0.6) is 0 Å². The number of hydrogen-bond acceptors (Lipinski definition) is 4. The summed E-state index contributed by atoms with van der Waals surface area (Å²) in [6, 6.07) is 0. The molecule has 3 atom stereocenters. The van der Waals surface area contributed by atoms with E-state index in [1.54, 1.807) is 11.8 Å². The summed E-state index contributed by atoms with van der Waals surface area (Å²) in [6.07, 6.45) is 5.87. The number of piperazine rings is 1. The lowest BCUT2D eigenvalue weighted by molar-refractivity contribution is -0.950. The van der Waals surface area contributed by atoms with E-state index in [4.69, 9.17) is 5.84 Å². The number of hydrogen-bond donors (Lipinski definition) is 3. The van der Waals surface area contributed by atoms with Gasteiger partial charge in [0.05, 0.1) is 18.8 Å². The van der Waals surface area contributed by atoms with Gasteiger partial charge in [0.2, 0.25) is 5.91 Å². The molecule has 0 saturated carbocycles. The molecule has 0 aromatic heterocycles. The quantitative estimate of drug-likeness (QED) is 0.255. The zero-order chi connectivity index (χ0) is 16.2. The Morgan fingerprint density at radius 1 is 1.50 bits per heavy atom. The van der Waals surface area contributed by atoms with Crippen LogP contribution in [0, 0.1) is 0 Å². The standard InChI is InChI=1S/C15H28N4O2S/c1-3-4-5-6-7-15(2)14-19(13(21)11-22-14)9-8-18(15)10-12(20)17-16/h14H,3-11,16H2,1-2H3,(H,17,20)/p+1/t14-,15+/m0/s1. The van der Waals surface area contributed by atoms with Crippen molar-refractivity contribution in [1.82, 2.24) is 10.3 Å². The van der Waals surface area contributed by atoms with Crippen molar-refractivity contribution in [2.24, 2.45) is 5.84 Å². The minimum atomic E-state index is -0.127. The molecule has 0 aliphatic carbocycles. The molecule has 0 radical (unpaired) electrons. The van der Waals surface area contributed by atoms with Crippen molar-refractivity contribution in [1.29, 1.82) is 0 Å². The van der Waals surface area contributed by atoms with Crippen LogP contribution in [0.4, 0.5) is 0 Å². The minimum absolute atomic E-state index is 0.0741. The number of nitrogens with two attached hydrogens (primary N) is 1. The number of unbranched alkanes of at least 4 members (excludes halogenated alkanes) is 3. The van der Waals surface area contributed by atoms with Crippen molar-refractivity contribution < 1.29 is 14.5 Å². The first-order chi connectivity index (χ1) is 10.5. The van der Waals surface area contributed by atoms with E-state index in [1.165, 1.54) is 24.2 Å². The van der Waals surface area contributed by atoms with Crippen molar-refractivity contribution in [3.05, 3.63) is 0 Å². The molecule has 7 heteroatoms. The highest BCUT2D eigenvalue weighted by molar-refractivity contribution is 8.01. The van der Waals surface area contributed by atoms with Crippen molar-refractivity contribution in [3.63, 3.8) is 0 Å². The fourth-order valence-electron chi connectivity index (χ4n) is 3.69. The highest BCUT2D eigenvalue weighted by Gasteiger charge is 2.54. The fourth-order valence-corrected chi connectivity index (χ4v) is 5.22. The maximum absolute atomic E-state index is 12.1. The molecule has 2 fully saturated rings. The van der Waals surface area contributed by atoms with Crippen molar-refractivity contribution in [2.45, 2.75) is 56.9 Å². The average Bonchev–Trinajstić information content (AvgIpc) is 2.89. The van der Waals surface area contributed by atoms with Gasteiger partial charge in [-0.2, -0.15) is 0 Å². The van der Waals surface area contributed by atoms with Gasteiger partial charge in [0.15, 0.2) is 6.54 Å². The Hall–Kier alpha value is -0.790. The number of quaternary nitrogens is 1. The van der Waals surface area contributed by atoms with Crippen LogP contribution >= 0.6 is 11.8 Å². The van der Waals surface area contributed by atoms with Crippen LogP contribution in [-0.2, 0) is 9.59 Å². The van der Waals surface area contributed by atoms with Crippen molar-refractivity contribution in [3.8, 4) is 0 Å². The molecule has 0 bridgehead atoms. The first kappa shape index (κ1) is 17.6. The van der Waals surface area contributed by atoms with E-state index >= 15 is 0 Å². The van der Waals surface area contributed by atoms with Gasteiger partial charge in [-0.3, -0.25) is 15.0 Å². The van der Waals surface area contributed by atoms with E-state index in [9.17, 15) is 9.59 Å². The Bertz CT molecular complexity index is 420. The Kier molecular flexibility index (Phi) is 6.11. The molecule has 4 N–H and O–H groups in total. The summed E-state index contributed by atoms with van der Waals surface area (Å²) in [5.74, 6) is 5.96. The number of nitrogens with zero attached hydrogens (tertiary/aromatic N) is 1. The predicted molar refractivity (Wildman–Crippen MR) is 88.1 cm³/mol. The van der Waals surface area contributed by atoms with Crippen molar-refractivity contribution in [2.75, 3.05) is 25.4 Å². The third kappa shape index (κ3) is 3.58. The number of hydrazine groups is 1. The van der Waals surface area contributed by atoms with E-state index in [0.29, 0.717) is 12.3 Å². The third-order valence-electron chi connectivity index (χ3n) is 5.06. The normalized spacial score (nSPS) is 31.2. The summed E-state index contributed by atoms with van der Waals surface area (Å²) in [4.78, 5) is 27.1. The van der Waals surface area contributed by atoms with E-state index in [1.807, 2.05) is 4.90 Å². The van der Waals surface area contributed by atoms with Crippen molar-refractivity contribution >= 4 is 23.6 Å². The van der Waals surface area contributed by atoms with Crippen LogP contribution < -0.4 is 16.2 Å². The summed E-state index contributed by atoms with van der Waals surface area (Å²) in [7, 11) is 0. The van der Waals surface area contributed by atoms with Gasteiger partial charge < -0.3 is 9.80 Å². The van der Waals surface area contributed by atoms with Crippen LogP contribution in [-0.4, -0.2) is 53.0 Å². The molecule has 2 aliphatic rings. The zero-order valence-electron chi connectivity index (χ0n) is 13.7. The van der Waals surface area contributed by atoms with Gasteiger partial charge in [-0.25, -0.2) is 5.84 Å².